The summed E-state index contributed by atoms with van der Waals surface area (Å²) in [6, 6.07) is 1.61. The molecule has 0 fully saturated rings. The van der Waals surface area contributed by atoms with Crippen molar-refractivity contribution in [1.29, 1.82) is 0 Å². The monoisotopic (exact) mass is 304 g/mol. The highest BCUT2D eigenvalue weighted by Gasteiger charge is 2.22. The zero-order valence-corrected chi connectivity index (χ0v) is 10.4. The van der Waals surface area contributed by atoms with Gasteiger partial charge in [0, 0.05) is 16.5 Å². The molecule has 4 nitrogen and oxygen atoms in total. The molecule has 1 aliphatic heterocycles. The van der Waals surface area contributed by atoms with Crippen LogP contribution in [0.25, 0.3) is 0 Å². The zero-order chi connectivity index (χ0) is 12.4. The van der Waals surface area contributed by atoms with Gasteiger partial charge in [-0.2, -0.15) is 0 Å². The minimum atomic E-state index is -0.966. The molecule has 0 saturated heterocycles. The fourth-order valence-electron chi connectivity index (χ4n) is 1.62. The fourth-order valence-corrected chi connectivity index (χ4v) is 2.20. The second-order valence-corrected chi connectivity index (χ2v) is 4.42. The number of carboxylic acid groups (broad SMARTS) is 1. The Balaban J connectivity index is 2.35. The Morgan fingerprint density at radius 2 is 2.18 bits per heavy atom. The molecule has 1 aromatic carbocycles. The van der Waals surface area contributed by atoms with Crippen LogP contribution in [0.2, 0.25) is 0 Å². The maximum absolute atomic E-state index is 14.0. The summed E-state index contributed by atoms with van der Waals surface area (Å²) < 4.78 is 25.0. The van der Waals surface area contributed by atoms with E-state index in [-0.39, 0.29) is 18.6 Å². The number of hydrogen-bond donors (Lipinski definition) is 1. The first-order chi connectivity index (χ1) is 8.09. The third kappa shape index (κ3) is 2.52. The lowest BCUT2D eigenvalue weighted by Crippen LogP contribution is -2.17. The average molecular weight is 305 g/mol. The van der Waals surface area contributed by atoms with E-state index < -0.39 is 11.8 Å². The molecule has 0 aromatic heterocycles. The van der Waals surface area contributed by atoms with Crippen molar-refractivity contribution >= 4 is 21.9 Å². The molecular formula is C11H10BrFO4. The Morgan fingerprint density at radius 3 is 2.88 bits per heavy atom. The first-order valence-electron chi connectivity index (χ1n) is 5.08. The van der Waals surface area contributed by atoms with Gasteiger partial charge in [-0.25, -0.2) is 4.39 Å². The van der Waals surface area contributed by atoms with E-state index in [9.17, 15) is 9.18 Å². The van der Waals surface area contributed by atoms with Gasteiger partial charge in [-0.1, -0.05) is 15.9 Å². The van der Waals surface area contributed by atoms with Gasteiger partial charge in [0.05, 0.1) is 0 Å². The van der Waals surface area contributed by atoms with E-state index in [1.165, 1.54) is 0 Å². The van der Waals surface area contributed by atoms with E-state index in [1.54, 1.807) is 6.07 Å². The van der Waals surface area contributed by atoms with Crippen molar-refractivity contribution in [1.82, 2.24) is 0 Å². The van der Waals surface area contributed by atoms with E-state index in [4.69, 9.17) is 14.6 Å². The lowest BCUT2D eigenvalue weighted by Gasteiger charge is -2.20. The van der Waals surface area contributed by atoms with Crippen molar-refractivity contribution in [3.05, 3.63) is 21.9 Å². The lowest BCUT2D eigenvalue weighted by atomic mass is 10.1. The number of hydrogen-bond acceptors (Lipinski definition) is 3. The van der Waals surface area contributed by atoms with Crippen LogP contribution in [-0.4, -0.2) is 24.3 Å². The van der Waals surface area contributed by atoms with Crippen LogP contribution in [0.4, 0.5) is 4.39 Å². The topological polar surface area (TPSA) is 55.8 Å². The molecule has 1 heterocycles. The summed E-state index contributed by atoms with van der Waals surface area (Å²) >= 11 is 3.21. The maximum atomic E-state index is 14.0. The van der Waals surface area contributed by atoms with Crippen molar-refractivity contribution in [2.45, 2.75) is 12.8 Å². The van der Waals surface area contributed by atoms with Crippen LogP contribution in [0, 0.1) is 5.82 Å². The summed E-state index contributed by atoms with van der Waals surface area (Å²) in [5.41, 5.74) is 0.302. The molecule has 1 aliphatic rings. The number of rotatable bonds is 3. The van der Waals surface area contributed by atoms with Crippen LogP contribution in [-0.2, 0) is 11.2 Å². The summed E-state index contributed by atoms with van der Waals surface area (Å²) in [7, 11) is 0. The molecule has 92 valence electrons. The lowest BCUT2D eigenvalue weighted by molar-refractivity contribution is -0.136. The number of ether oxygens (including phenoxy) is 2. The molecule has 1 aromatic rings. The number of benzene rings is 1. The maximum Gasteiger partial charge on any atom is 0.303 e. The Morgan fingerprint density at radius 1 is 1.47 bits per heavy atom. The molecule has 0 aliphatic carbocycles. The third-order valence-corrected chi connectivity index (χ3v) is 3.12. The van der Waals surface area contributed by atoms with Crippen LogP contribution in [0.1, 0.15) is 12.0 Å². The van der Waals surface area contributed by atoms with Crippen molar-refractivity contribution < 1.29 is 23.8 Å². The predicted molar refractivity (Wildman–Crippen MR) is 61.0 cm³/mol. The first-order valence-corrected chi connectivity index (χ1v) is 5.87. The second kappa shape index (κ2) is 4.91. The Kier molecular flexibility index (Phi) is 3.51. The van der Waals surface area contributed by atoms with Crippen LogP contribution in [0.15, 0.2) is 10.5 Å². The smallest absolute Gasteiger partial charge is 0.303 e. The van der Waals surface area contributed by atoms with E-state index in [0.29, 0.717) is 29.0 Å². The van der Waals surface area contributed by atoms with Gasteiger partial charge >= 0.3 is 5.97 Å². The van der Waals surface area contributed by atoms with Crippen molar-refractivity contribution in [3.8, 4) is 11.5 Å². The SMILES string of the molecule is O=C(O)CCc1c(Br)cc2c(c1F)OCCO2. The molecule has 0 atom stereocenters. The van der Waals surface area contributed by atoms with Crippen molar-refractivity contribution in [2.24, 2.45) is 0 Å². The predicted octanol–water partition coefficient (Wildman–Crippen LogP) is 2.38. The summed E-state index contributed by atoms with van der Waals surface area (Å²) in [6.45, 7) is 0.678. The third-order valence-electron chi connectivity index (χ3n) is 2.41. The van der Waals surface area contributed by atoms with Gasteiger partial charge in [-0.05, 0) is 12.5 Å². The van der Waals surface area contributed by atoms with Crippen molar-refractivity contribution in [3.63, 3.8) is 0 Å². The molecule has 17 heavy (non-hydrogen) atoms. The molecule has 0 saturated carbocycles. The number of aliphatic carboxylic acids is 1. The van der Waals surface area contributed by atoms with Gasteiger partial charge in [0.2, 0.25) is 0 Å². The van der Waals surface area contributed by atoms with Gasteiger partial charge in [-0.15, -0.1) is 0 Å². The number of carboxylic acids is 1. The summed E-state index contributed by atoms with van der Waals surface area (Å²) in [4.78, 5) is 10.5. The molecule has 0 spiro atoms. The summed E-state index contributed by atoms with van der Waals surface area (Å²) in [5, 5.41) is 8.60. The highest BCUT2D eigenvalue weighted by atomic mass is 79.9. The molecular weight excluding hydrogens is 295 g/mol. The van der Waals surface area contributed by atoms with Gasteiger partial charge in [0.25, 0.3) is 0 Å². The molecule has 0 bridgehead atoms. The van der Waals surface area contributed by atoms with Gasteiger partial charge in [0.1, 0.15) is 13.2 Å². The van der Waals surface area contributed by atoms with Crippen LogP contribution in [0.3, 0.4) is 0 Å². The number of carbonyl (C=O) groups is 1. The van der Waals surface area contributed by atoms with Crippen LogP contribution < -0.4 is 9.47 Å². The zero-order valence-electron chi connectivity index (χ0n) is 8.83. The summed E-state index contributed by atoms with van der Waals surface area (Å²) in [6.07, 6.45) is -0.0203. The van der Waals surface area contributed by atoms with Gasteiger partial charge < -0.3 is 14.6 Å². The van der Waals surface area contributed by atoms with Crippen molar-refractivity contribution in [2.75, 3.05) is 13.2 Å². The van der Waals surface area contributed by atoms with Crippen LogP contribution in [0.5, 0.6) is 11.5 Å². The quantitative estimate of drug-likeness (QED) is 0.931. The molecule has 6 heteroatoms. The molecule has 2 rings (SSSR count). The fraction of sp³-hybridized carbons (Fsp3) is 0.364. The largest absolute Gasteiger partial charge is 0.486 e. The van der Waals surface area contributed by atoms with E-state index in [0.717, 1.165) is 0 Å². The van der Waals surface area contributed by atoms with Gasteiger partial charge in [-0.3, -0.25) is 4.79 Å². The highest BCUT2D eigenvalue weighted by Crippen LogP contribution is 2.39. The molecule has 1 N–H and O–H groups in total. The minimum absolute atomic E-state index is 0.0693. The van der Waals surface area contributed by atoms with E-state index in [1.807, 2.05) is 0 Å². The van der Waals surface area contributed by atoms with Gasteiger partial charge in [0.15, 0.2) is 17.3 Å². The molecule has 0 radical (unpaired) electrons. The van der Waals surface area contributed by atoms with Crippen LogP contribution >= 0.6 is 15.9 Å². The number of halogens is 2. The highest BCUT2D eigenvalue weighted by molar-refractivity contribution is 9.10. The standard InChI is InChI=1S/C11H10BrFO4/c12-7-5-8-11(17-4-3-16-8)10(13)6(7)1-2-9(14)15/h5H,1-4H2,(H,14,15). The number of fused-ring (bicyclic) bond motifs is 1. The normalized spacial score (nSPS) is 13.5. The Bertz CT molecular complexity index is 461. The molecule has 0 unspecified atom stereocenters. The summed E-state index contributed by atoms with van der Waals surface area (Å²) in [5.74, 6) is -1.10. The minimum Gasteiger partial charge on any atom is -0.486 e. The molecule has 0 amide bonds. The Labute approximate surface area is 105 Å². The van der Waals surface area contributed by atoms with E-state index in [2.05, 4.69) is 15.9 Å². The second-order valence-electron chi connectivity index (χ2n) is 3.57. The average Bonchev–Trinajstić information content (AvgIpc) is 2.28. The van der Waals surface area contributed by atoms with E-state index >= 15 is 0 Å². The Hall–Kier alpha value is -1.30. The first kappa shape index (κ1) is 12.2.